The minimum atomic E-state index is -1.17. The molecule has 0 aromatic heterocycles. The Morgan fingerprint density at radius 2 is 1.37 bits per heavy atom. The third-order valence-corrected chi connectivity index (χ3v) is 1.87. The van der Waals surface area contributed by atoms with Crippen molar-refractivity contribution in [3.8, 4) is 0 Å². The zero-order chi connectivity index (χ0) is 14.3. The van der Waals surface area contributed by atoms with Gasteiger partial charge in [0.2, 0.25) is 0 Å². The van der Waals surface area contributed by atoms with Crippen LogP contribution in [0.4, 0.5) is 0 Å². The summed E-state index contributed by atoms with van der Waals surface area (Å²) in [7, 11) is 1.18. The molecule has 0 unspecified atom stereocenters. The van der Waals surface area contributed by atoms with Crippen LogP contribution in [0.3, 0.4) is 0 Å². The number of rotatable bonds is 2. The molecule has 4 nitrogen and oxygen atoms in total. The van der Waals surface area contributed by atoms with Crippen molar-refractivity contribution in [3.63, 3.8) is 0 Å². The molecule has 0 spiro atoms. The van der Waals surface area contributed by atoms with E-state index in [1.165, 1.54) is 7.11 Å². The molecule has 0 bridgehead atoms. The van der Waals surface area contributed by atoms with Crippen LogP contribution >= 0.6 is 0 Å². The fraction of sp³-hybridized carbons (Fsp3) is 0.200. The zero-order valence-corrected chi connectivity index (χ0v) is 10.9. The Bertz CT molecular complexity index is 370. The minimum Gasteiger partial charge on any atom is -0.478 e. The molecule has 0 atom stereocenters. The number of hydrogen-bond donors (Lipinski definition) is 1. The predicted molar refractivity (Wildman–Crippen MR) is 74.6 cm³/mol. The van der Waals surface area contributed by atoms with E-state index in [-0.39, 0.29) is 0 Å². The fourth-order valence-corrected chi connectivity index (χ4v) is 0.993. The Morgan fingerprint density at radius 1 is 0.947 bits per heavy atom. The SMILES string of the molecule is C1=CCC=C1.C1=CCC=C1.COC(=O)/C=C\C(=O)O. The van der Waals surface area contributed by atoms with E-state index in [1.54, 1.807) is 0 Å². The highest BCUT2D eigenvalue weighted by Gasteiger charge is 1.91. The minimum absolute atomic E-state index is 0.669. The molecule has 1 N–H and O–H groups in total. The van der Waals surface area contributed by atoms with Gasteiger partial charge < -0.3 is 9.84 Å². The highest BCUT2D eigenvalue weighted by Crippen LogP contribution is 1.93. The molecule has 0 aromatic rings. The van der Waals surface area contributed by atoms with Crippen LogP contribution in [0.2, 0.25) is 0 Å². The third kappa shape index (κ3) is 13.6. The van der Waals surface area contributed by atoms with Crippen LogP contribution < -0.4 is 0 Å². The van der Waals surface area contributed by atoms with Crippen molar-refractivity contribution in [2.45, 2.75) is 12.8 Å². The Hall–Kier alpha value is -2.36. The van der Waals surface area contributed by atoms with Crippen molar-refractivity contribution >= 4 is 11.9 Å². The molecule has 0 radical (unpaired) electrons. The number of ether oxygens (including phenoxy) is 1. The standard InChI is InChI=1S/C5H6O4.2C5H6/c1-9-5(8)3-2-4(6)7;2*1-2-4-5-3-1/h2-3H,1H3,(H,6,7);2*1-4H,5H2/b3-2-;;. The summed E-state index contributed by atoms with van der Waals surface area (Å²) in [6.45, 7) is 0. The number of esters is 1. The first-order valence-corrected chi connectivity index (χ1v) is 5.79. The first-order chi connectivity index (χ1) is 9.16. The van der Waals surface area contributed by atoms with E-state index in [0.717, 1.165) is 18.9 Å². The normalized spacial score (nSPS) is 13.7. The van der Waals surface area contributed by atoms with Crippen LogP contribution in [0.15, 0.2) is 60.8 Å². The van der Waals surface area contributed by atoms with E-state index in [4.69, 9.17) is 5.11 Å². The first-order valence-electron chi connectivity index (χ1n) is 5.79. The lowest BCUT2D eigenvalue weighted by atomic mass is 10.5. The molecule has 0 aliphatic heterocycles. The van der Waals surface area contributed by atoms with Gasteiger partial charge in [0, 0.05) is 12.2 Å². The number of carbonyl (C=O) groups excluding carboxylic acids is 1. The summed E-state index contributed by atoms with van der Waals surface area (Å²) in [4.78, 5) is 19.9. The van der Waals surface area contributed by atoms with Crippen molar-refractivity contribution in [3.05, 3.63) is 60.8 Å². The van der Waals surface area contributed by atoms with Gasteiger partial charge in [-0.05, 0) is 12.8 Å². The molecule has 2 aliphatic rings. The lowest BCUT2D eigenvalue weighted by Crippen LogP contribution is -1.96. The second-order valence-electron chi connectivity index (χ2n) is 3.38. The molecule has 0 aromatic carbocycles. The van der Waals surface area contributed by atoms with Crippen LogP contribution in [-0.2, 0) is 14.3 Å². The van der Waals surface area contributed by atoms with E-state index in [9.17, 15) is 9.59 Å². The van der Waals surface area contributed by atoms with Crippen molar-refractivity contribution in [1.82, 2.24) is 0 Å². The molecule has 4 heteroatoms. The van der Waals surface area contributed by atoms with Crippen molar-refractivity contribution < 1.29 is 19.4 Å². The maximum Gasteiger partial charge on any atom is 0.330 e. The Labute approximate surface area is 113 Å². The largest absolute Gasteiger partial charge is 0.478 e. The van der Waals surface area contributed by atoms with Crippen molar-refractivity contribution in [2.75, 3.05) is 7.11 Å². The van der Waals surface area contributed by atoms with E-state index < -0.39 is 11.9 Å². The van der Waals surface area contributed by atoms with Crippen molar-refractivity contribution in [2.24, 2.45) is 0 Å². The maximum absolute atomic E-state index is 10.1. The average molecular weight is 262 g/mol. The molecule has 2 rings (SSSR count). The van der Waals surface area contributed by atoms with Crippen LogP contribution in [0.5, 0.6) is 0 Å². The van der Waals surface area contributed by atoms with Gasteiger partial charge in [0.05, 0.1) is 7.11 Å². The highest BCUT2D eigenvalue weighted by molar-refractivity contribution is 5.90. The molecular weight excluding hydrogens is 244 g/mol. The van der Waals surface area contributed by atoms with Gasteiger partial charge in [0.25, 0.3) is 0 Å². The summed E-state index contributed by atoms with van der Waals surface area (Å²) >= 11 is 0. The number of carboxylic acid groups (broad SMARTS) is 1. The number of carbonyl (C=O) groups is 2. The number of allylic oxidation sites excluding steroid dienone is 8. The quantitative estimate of drug-likeness (QED) is 0.614. The molecule has 0 fully saturated rings. The van der Waals surface area contributed by atoms with Gasteiger partial charge in [0.15, 0.2) is 0 Å². The van der Waals surface area contributed by atoms with Gasteiger partial charge in [-0.15, -0.1) is 0 Å². The van der Waals surface area contributed by atoms with E-state index >= 15 is 0 Å². The smallest absolute Gasteiger partial charge is 0.330 e. The number of carboxylic acids is 1. The van der Waals surface area contributed by atoms with Crippen molar-refractivity contribution in [1.29, 1.82) is 0 Å². The Kier molecular flexibility index (Phi) is 10.6. The van der Waals surface area contributed by atoms with Crippen LogP contribution in [0, 0.1) is 0 Å². The summed E-state index contributed by atoms with van der Waals surface area (Å²) in [5.41, 5.74) is 0. The molecule has 19 heavy (non-hydrogen) atoms. The monoisotopic (exact) mass is 262 g/mol. The highest BCUT2D eigenvalue weighted by atomic mass is 16.5. The molecule has 0 heterocycles. The van der Waals surface area contributed by atoms with Crippen LogP contribution in [0.1, 0.15) is 12.8 Å². The summed E-state index contributed by atoms with van der Waals surface area (Å²) in [6, 6.07) is 0. The van der Waals surface area contributed by atoms with Gasteiger partial charge in [-0.25, -0.2) is 9.59 Å². The molecule has 0 saturated heterocycles. The number of aliphatic carboxylic acids is 1. The summed E-state index contributed by atoms with van der Waals surface area (Å²) < 4.78 is 4.11. The lowest BCUT2D eigenvalue weighted by Gasteiger charge is -1.85. The van der Waals surface area contributed by atoms with Crippen LogP contribution in [-0.4, -0.2) is 24.2 Å². The number of hydrogen-bond acceptors (Lipinski definition) is 3. The van der Waals surface area contributed by atoms with E-state index in [2.05, 4.69) is 53.3 Å². The Balaban J connectivity index is 0.000000273. The van der Waals surface area contributed by atoms with Gasteiger partial charge in [-0.3, -0.25) is 0 Å². The molecule has 0 saturated carbocycles. The average Bonchev–Trinajstić information content (AvgIpc) is 3.11. The lowest BCUT2D eigenvalue weighted by molar-refractivity contribution is -0.136. The third-order valence-electron chi connectivity index (χ3n) is 1.87. The second-order valence-corrected chi connectivity index (χ2v) is 3.38. The first kappa shape index (κ1) is 16.6. The molecule has 0 amide bonds. The summed E-state index contributed by atoms with van der Waals surface area (Å²) in [5.74, 6) is -1.84. The van der Waals surface area contributed by atoms with Gasteiger partial charge in [-0.1, -0.05) is 48.6 Å². The van der Waals surface area contributed by atoms with Gasteiger partial charge in [0.1, 0.15) is 0 Å². The molecular formula is C15H18O4. The molecule has 2 aliphatic carbocycles. The van der Waals surface area contributed by atoms with E-state index in [1.807, 2.05) is 0 Å². The zero-order valence-electron chi connectivity index (χ0n) is 10.9. The predicted octanol–water partition coefficient (Wildman–Crippen LogP) is 2.81. The summed E-state index contributed by atoms with van der Waals surface area (Å²) in [6.07, 6.45) is 20.5. The van der Waals surface area contributed by atoms with Gasteiger partial charge in [-0.2, -0.15) is 0 Å². The summed E-state index contributed by atoms with van der Waals surface area (Å²) in [5, 5.41) is 7.96. The topological polar surface area (TPSA) is 63.6 Å². The number of methoxy groups -OCH3 is 1. The van der Waals surface area contributed by atoms with Gasteiger partial charge >= 0.3 is 11.9 Å². The maximum atomic E-state index is 10.1. The fourth-order valence-electron chi connectivity index (χ4n) is 0.993. The second kappa shape index (κ2) is 12.1. The van der Waals surface area contributed by atoms with Crippen LogP contribution in [0.25, 0.3) is 0 Å². The van der Waals surface area contributed by atoms with E-state index in [0.29, 0.717) is 6.08 Å². The molecule has 102 valence electrons. The Morgan fingerprint density at radius 3 is 1.58 bits per heavy atom.